The Morgan fingerprint density at radius 3 is 2.65 bits per heavy atom. The van der Waals surface area contributed by atoms with Crippen molar-refractivity contribution in [2.75, 3.05) is 11.9 Å². The van der Waals surface area contributed by atoms with Crippen molar-refractivity contribution in [2.24, 2.45) is 5.92 Å². The van der Waals surface area contributed by atoms with Gasteiger partial charge in [-0.05, 0) is 31.9 Å². The van der Waals surface area contributed by atoms with Crippen LogP contribution < -0.4 is 10.1 Å². The predicted molar refractivity (Wildman–Crippen MR) is 80.1 cm³/mol. The van der Waals surface area contributed by atoms with E-state index in [0.29, 0.717) is 19.1 Å². The molecule has 1 heterocycles. The van der Waals surface area contributed by atoms with E-state index in [2.05, 4.69) is 24.3 Å². The maximum absolute atomic E-state index is 5.83. The third kappa shape index (κ3) is 3.53. The second kappa shape index (κ2) is 6.46. The van der Waals surface area contributed by atoms with E-state index in [-0.39, 0.29) is 0 Å². The molecule has 2 rings (SSSR count). The van der Waals surface area contributed by atoms with Gasteiger partial charge in [-0.2, -0.15) is 0 Å². The van der Waals surface area contributed by atoms with E-state index >= 15 is 0 Å². The summed E-state index contributed by atoms with van der Waals surface area (Å²) in [6, 6.07) is 7.99. The maximum Gasteiger partial charge on any atom is 0.142 e. The normalized spacial score (nSPS) is 10.8. The van der Waals surface area contributed by atoms with Gasteiger partial charge in [0.2, 0.25) is 0 Å². The molecule has 1 N–H and O–H groups in total. The number of para-hydroxylation sites is 2. The molecule has 108 valence electrons. The highest BCUT2D eigenvalue weighted by Crippen LogP contribution is 2.25. The standard InChI is InChI=1S/C16H22N2O2/c1-11(2)10-19-16-8-6-5-7-15(16)17-9-14-12(3)18-20-13(14)4/h5-8,11,17H,9-10H2,1-4H3. The van der Waals surface area contributed by atoms with Gasteiger partial charge in [0.15, 0.2) is 0 Å². The molecule has 1 aromatic heterocycles. The van der Waals surface area contributed by atoms with Crippen LogP contribution in [0.1, 0.15) is 30.9 Å². The molecular weight excluding hydrogens is 252 g/mol. The molecular formula is C16H22N2O2. The van der Waals surface area contributed by atoms with E-state index < -0.39 is 0 Å². The zero-order valence-electron chi connectivity index (χ0n) is 12.6. The summed E-state index contributed by atoms with van der Waals surface area (Å²) in [4.78, 5) is 0. The highest BCUT2D eigenvalue weighted by atomic mass is 16.5. The number of anilines is 1. The van der Waals surface area contributed by atoms with Crippen LogP contribution >= 0.6 is 0 Å². The summed E-state index contributed by atoms with van der Waals surface area (Å²) in [6.07, 6.45) is 0. The van der Waals surface area contributed by atoms with E-state index in [1.165, 1.54) is 0 Å². The monoisotopic (exact) mass is 274 g/mol. The second-order valence-electron chi connectivity index (χ2n) is 5.36. The molecule has 4 heteroatoms. The molecule has 20 heavy (non-hydrogen) atoms. The fraction of sp³-hybridized carbons (Fsp3) is 0.438. The van der Waals surface area contributed by atoms with Crippen molar-refractivity contribution in [1.29, 1.82) is 0 Å². The molecule has 0 aliphatic carbocycles. The molecule has 0 amide bonds. The molecule has 1 aromatic carbocycles. The number of aromatic nitrogens is 1. The van der Waals surface area contributed by atoms with Gasteiger partial charge >= 0.3 is 0 Å². The van der Waals surface area contributed by atoms with Gasteiger partial charge in [-0.1, -0.05) is 31.1 Å². The van der Waals surface area contributed by atoms with Crippen LogP contribution in [-0.4, -0.2) is 11.8 Å². The Kier molecular flexibility index (Phi) is 4.66. The van der Waals surface area contributed by atoms with Crippen molar-refractivity contribution < 1.29 is 9.26 Å². The van der Waals surface area contributed by atoms with Crippen molar-refractivity contribution >= 4 is 5.69 Å². The second-order valence-corrected chi connectivity index (χ2v) is 5.36. The molecule has 0 radical (unpaired) electrons. The van der Waals surface area contributed by atoms with Crippen LogP contribution in [0.2, 0.25) is 0 Å². The highest BCUT2D eigenvalue weighted by molar-refractivity contribution is 5.56. The Hall–Kier alpha value is -1.97. The Morgan fingerprint density at radius 2 is 2.00 bits per heavy atom. The Labute approximate surface area is 120 Å². The summed E-state index contributed by atoms with van der Waals surface area (Å²) < 4.78 is 11.0. The first kappa shape index (κ1) is 14.4. The van der Waals surface area contributed by atoms with Crippen LogP contribution in [0, 0.1) is 19.8 Å². The lowest BCUT2D eigenvalue weighted by molar-refractivity contribution is 0.272. The summed E-state index contributed by atoms with van der Waals surface area (Å²) in [5.74, 6) is 2.24. The predicted octanol–water partition coefficient (Wildman–Crippen LogP) is 3.94. The fourth-order valence-electron chi connectivity index (χ4n) is 1.93. The van der Waals surface area contributed by atoms with Gasteiger partial charge < -0.3 is 14.6 Å². The number of hydrogen-bond donors (Lipinski definition) is 1. The molecule has 0 fully saturated rings. The highest BCUT2D eigenvalue weighted by Gasteiger charge is 2.10. The molecule has 2 aromatic rings. The van der Waals surface area contributed by atoms with Crippen LogP contribution in [0.3, 0.4) is 0 Å². The molecule has 0 saturated heterocycles. The summed E-state index contributed by atoms with van der Waals surface area (Å²) in [5, 5.41) is 7.36. The Morgan fingerprint density at radius 1 is 1.25 bits per heavy atom. The van der Waals surface area contributed by atoms with E-state index in [1.54, 1.807) is 0 Å². The van der Waals surface area contributed by atoms with Crippen LogP contribution in [-0.2, 0) is 6.54 Å². The maximum atomic E-state index is 5.83. The molecule has 0 unspecified atom stereocenters. The first-order valence-electron chi connectivity index (χ1n) is 6.95. The number of hydrogen-bond acceptors (Lipinski definition) is 4. The topological polar surface area (TPSA) is 47.3 Å². The minimum absolute atomic E-state index is 0.505. The quantitative estimate of drug-likeness (QED) is 0.866. The first-order valence-corrected chi connectivity index (χ1v) is 6.95. The van der Waals surface area contributed by atoms with Crippen LogP contribution in [0.5, 0.6) is 5.75 Å². The Balaban J connectivity index is 2.06. The molecule has 0 atom stereocenters. The smallest absolute Gasteiger partial charge is 0.142 e. The van der Waals surface area contributed by atoms with Crippen molar-refractivity contribution in [3.8, 4) is 5.75 Å². The lowest BCUT2D eigenvalue weighted by atomic mass is 10.2. The molecule has 0 bridgehead atoms. The van der Waals surface area contributed by atoms with Gasteiger partial charge in [0, 0.05) is 12.1 Å². The van der Waals surface area contributed by atoms with Crippen LogP contribution in [0.25, 0.3) is 0 Å². The average molecular weight is 274 g/mol. The first-order chi connectivity index (χ1) is 9.58. The summed E-state index contributed by atoms with van der Waals surface area (Å²) in [7, 11) is 0. The number of ether oxygens (including phenoxy) is 1. The molecule has 0 spiro atoms. The largest absolute Gasteiger partial charge is 0.491 e. The third-order valence-corrected chi connectivity index (χ3v) is 3.10. The van der Waals surface area contributed by atoms with Crippen LogP contribution in [0.4, 0.5) is 5.69 Å². The SMILES string of the molecule is Cc1noc(C)c1CNc1ccccc1OCC(C)C. The lowest BCUT2D eigenvalue weighted by Crippen LogP contribution is -2.08. The van der Waals surface area contributed by atoms with Crippen molar-refractivity contribution in [1.82, 2.24) is 5.16 Å². The summed E-state index contributed by atoms with van der Waals surface area (Å²) in [5.41, 5.74) is 3.02. The average Bonchev–Trinajstić information content (AvgIpc) is 2.74. The van der Waals surface area contributed by atoms with Gasteiger partial charge in [0.1, 0.15) is 11.5 Å². The van der Waals surface area contributed by atoms with Gasteiger partial charge in [-0.15, -0.1) is 0 Å². The number of aryl methyl sites for hydroxylation is 2. The van der Waals surface area contributed by atoms with E-state index in [4.69, 9.17) is 9.26 Å². The molecule has 0 saturated carbocycles. The lowest BCUT2D eigenvalue weighted by Gasteiger charge is -2.14. The number of nitrogens with zero attached hydrogens (tertiary/aromatic N) is 1. The van der Waals surface area contributed by atoms with Crippen LogP contribution in [0.15, 0.2) is 28.8 Å². The van der Waals surface area contributed by atoms with E-state index in [0.717, 1.165) is 28.5 Å². The van der Waals surface area contributed by atoms with E-state index in [1.807, 2.05) is 38.1 Å². The van der Waals surface area contributed by atoms with Gasteiger partial charge in [-0.3, -0.25) is 0 Å². The summed E-state index contributed by atoms with van der Waals surface area (Å²) in [6.45, 7) is 9.56. The van der Waals surface area contributed by atoms with Gasteiger partial charge in [0.05, 0.1) is 18.0 Å². The molecule has 0 aliphatic heterocycles. The minimum atomic E-state index is 0.505. The molecule has 0 aliphatic rings. The zero-order chi connectivity index (χ0) is 14.5. The zero-order valence-corrected chi connectivity index (χ0v) is 12.6. The van der Waals surface area contributed by atoms with Crippen molar-refractivity contribution in [2.45, 2.75) is 34.2 Å². The van der Waals surface area contributed by atoms with Gasteiger partial charge in [0.25, 0.3) is 0 Å². The Bertz CT molecular complexity index is 542. The fourth-order valence-corrected chi connectivity index (χ4v) is 1.93. The number of rotatable bonds is 6. The molecule has 4 nitrogen and oxygen atoms in total. The third-order valence-electron chi connectivity index (χ3n) is 3.10. The number of benzene rings is 1. The van der Waals surface area contributed by atoms with Crippen molar-refractivity contribution in [3.63, 3.8) is 0 Å². The van der Waals surface area contributed by atoms with Crippen molar-refractivity contribution in [3.05, 3.63) is 41.3 Å². The minimum Gasteiger partial charge on any atom is -0.491 e. The van der Waals surface area contributed by atoms with E-state index in [9.17, 15) is 0 Å². The van der Waals surface area contributed by atoms with Gasteiger partial charge in [-0.25, -0.2) is 0 Å². The number of nitrogens with one attached hydrogen (secondary N) is 1. The summed E-state index contributed by atoms with van der Waals surface area (Å²) >= 11 is 0.